The molecule has 46 valence electrons. The van der Waals surface area contributed by atoms with E-state index in [1.165, 1.54) is 25.7 Å². The fourth-order valence-electron chi connectivity index (χ4n) is 2.33. The van der Waals surface area contributed by atoms with Gasteiger partial charge >= 0.3 is 0 Å². The Bertz CT molecular complexity index is 129. The van der Waals surface area contributed by atoms with Crippen LogP contribution in [0.25, 0.3) is 0 Å². The van der Waals surface area contributed by atoms with Gasteiger partial charge in [0.05, 0.1) is 0 Å². The van der Waals surface area contributed by atoms with E-state index in [-0.39, 0.29) is 5.89 Å². The van der Waals surface area contributed by atoms with Crippen LogP contribution in [0.4, 0.5) is 0 Å². The Morgan fingerprint density at radius 1 is 1.38 bits per heavy atom. The summed E-state index contributed by atoms with van der Waals surface area (Å²) < 4.78 is 7.87. The lowest BCUT2D eigenvalue weighted by atomic mass is 9.91. The minimum atomic E-state index is -0.0388. The van der Waals surface area contributed by atoms with E-state index >= 15 is 0 Å². The monoisotopic (exact) mass is 111 g/mol. The Kier molecular flexibility index (Phi) is 0.731. The smallest absolute Gasteiger partial charge is 0.0303 e. The van der Waals surface area contributed by atoms with Crippen LogP contribution in [0.1, 0.15) is 34.0 Å². The van der Waals surface area contributed by atoms with Crippen molar-refractivity contribution in [3.8, 4) is 0 Å². The molecule has 2 saturated carbocycles. The zero-order valence-corrected chi connectivity index (χ0v) is 5.48. The molecule has 0 spiro atoms. The second-order valence-electron chi connectivity index (χ2n) is 3.43. The van der Waals surface area contributed by atoms with E-state index in [1.54, 1.807) is 0 Å². The lowest BCUT2D eigenvalue weighted by molar-refractivity contribution is 0.360. The van der Waals surface area contributed by atoms with E-state index in [9.17, 15) is 0 Å². The maximum atomic E-state index is 7.87. The Balaban J connectivity index is 2.18. The average Bonchev–Trinajstić information content (AvgIpc) is 2.19. The zero-order valence-electron chi connectivity index (χ0n) is 6.48. The summed E-state index contributed by atoms with van der Waals surface area (Å²) in [7, 11) is 0. The number of fused-ring (bicyclic) bond motifs is 2. The highest BCUT2D eigenvalue weighted by atomic mass is 14.4. The third-order valence-electron chi connectivity index (χ3n) is 2.85. The summed E-state index contributed by atoms with van der Waals surface area (Å²) in [6.07, 6.45) is 5.29. The molecule has 2 bridgehead atoms. The number of rotatable bonds is 0. The molecule has 0 aromatic carbocycles. The molecule has 0 radical (unpaired) electrons. The van der Waals surface area contributed by atoms with Crippen LogP contribution >= 0.6 is 0 Å². The third kappa shape index (κ3) is 0.519. The molecule has 2 aliphatic carbocycles. The Hall–Kier alpha value is 0. The van der Waals surface area contributed by atoms with Crippen molar-refractivity contribution >= 4 is 0 Å². The van der Waals surface area contributed by atoms with Crippen LogP contribution in [0.5, 0.6) is 0 Å². The lowest BCUT2D eigenvalue weighted by Gasteiger charge is -2.15. The van der Waals surface area contributed by atoms with Gasteiger partial charge in [0.15, 0.2) is 0 Å². The van der Waals surface area contributed by atoms with Crippen LogP contribution in [-0.4, -0.2) is 0 Å². The van der Waals surface area contributed by atoms with Crippen LogP contribution in [-0.2, 0) is 0 Å². The van der Waals surface area contributed by atoms with Crippen molar-refractivity contribution in [1.82, 2.24) is 0 Å². The topological polar surface area (TPSA) is 0 Å². The van der Waals surface area contributed by atoms with Gasteiger partial charge in [-0.1, -0.05) is 13.3 Å². The molecule has 0 nitrogen and oxygen atoms in total. The fourth-order valence-corrected chi connectivity index (χ4v) is 2.33. The van der Waals surface area contributed by atoms with Crippen molar-refractivity contribution in [2.24, 2.45) is 17.7 Å². The summed E-state index contributed by atoms with van der Waals surface area (Å²) in [5.74, 6) is 1.64. The molecule has 3 atom stereocenters. The first-order chi connectivity index (χ1) is 4.18. The van der Waals surface area contributed by atoms with E-state index < -0.39 is 0 Å². The highest BCUT2D eigenvalue weighted by molar-refractivity contribution is 4.87. The molecule has 0 aromatic rings. The molecular weight excluding hydrogens is 96.1 g/mol. The molecule has 8 heavy (non-hydrogen) atoms. The van der Waals surface area contributed by atoms with Crippen molar-refractivity contribution in [2.45, 2.75) is 32.6 Å². The van der Waals surface area contributed by atoms with Gasteiger partial charge in [0.1, 0.15) is 0 Å². The van der Waals surface area contributed by atoms with E-state index in [1.807, 2.05) is 0 Å². The first kappa shape index (κ1) is 3.92. The van der Waals surface area contributed by atoms with Crippen LogP contribution in [0.15, 0.2) is 0 Å². The van der Waals surface area contributed by atoms with E-state index in [2.05, 4.69) is 6.92 Å². The van der Waals surface area contributed by atoms with Gasteiger partial charge in [0.25, 0.3) is 0 Å². The van der Waals surface area contributed by atoms with E-state index in [0.29, 0.717) is 0 Å². The molecule has 0 saturated heterocycles. The average molecular weight is 111 g/mol. The first-order valence-electron chi connectivity index (χ1n) is 4.18. The Labute approximate surface area is 52.7 Å². The van der Waals surface area contributed by atoms with Gasteiger partial charge in [-0.3, -0.25) is 0 Å². The maximum absolute atomic E-state index is 7.87. The molecule has 0 aromatic heterocycles. The summed E-state index contributed by atoms with van der Waals surface area (Å²) in [4.78, 5) is 0. The summed E-state index contributed by atoms with van der Waals surface area (Å²) >= 11 is 0. The molecular formula is C8H14. The molecule has 0 amide bonds. The van der Waals surface area contributed by atoms with E-state index in [4.69, 9.17) is 1.37 Å². The molecule has 0 N–H and O–H groups in total. The maximum Gasteiger partial charge on any atom is 0.0303 e. The fraction of sp³-hybridized carbons (Fsp3) is 1.00. The van der Waals surface area contributed by atoms with Crippen LogP contribution in [0.2, 0.25) is 0 Å². The molecule has 2 aliphatic rings. The molecule has 0 aliphatic heterocycles. The van der Waals surface area contributed by atoms with Crippen molar-refractivity contribution in [1.29, 1.82) is 0 Å². The zero-order chi connectivity index (χ0) is 6.48. The summed E-state index contributed by atoms with van der Waals surface area (Å²) in [6.45, 7) is 2.11. The van der Waals surface area contributed by atoms with Gasteiger partial charge in [-0.2, -0.15) is 0 Å². The molecule has 0 heteroatoms. The normalized spacial score (nSPS) is 63.9. The van der Waals surface area contributed by atoms with Crippen molar-refractivity contribution < 1.29 is 1.37 Å². The summed E-state index contributed by atoms with van der Waals surface area (Å²) in [6, 6.07) is 0. The molecule has 2 fully saturated rings. The van der Waals surface area contributed by atoms with E-state index in [0.717, 1.165) is 11.8 Å². The van der Waals surface area contributed by atoms with Gasteiger partial charge in [-0.25, -0.2) is 0 Å². The van der Waals surface area contributed by atoms with Crippen molar-refractivity contribution in [3.05, 3.63) is 0 Å². The molecule has 0 heterocycles. The highest BCUT2D eigenvalue weighted by Gasteiger charge is 2.36. The van der Waals surface area contributed by atoms with Crippen LogP contribution < -0.4 is 0 Å². The van der Waals surface area contributed by atoms with Gasteiger partial charge in [0.2, 0.25) is 0 Å². The second-order valence-corrected chi connectivity index (χ2v) is 3.43. The van der Waals surface area contributed by atoms with Gasteiger partial charge in [-0.15, -0.1) is 0 Å². The van der Waals surface area contributed by atoms with Gasteiger partial charge in [-0.05, 0) is 37.0 Å². The Morgan fingerprint density at radius 2 is 2.25 bits per heavy atom. The Morgan fingerprint density at radius 3 is 2.50 bits per heavy atom. The van der Waals surface area contributed by atoms with Gasteiger partial charge in [0, 0.05) is 1.37 Å². The SMILES string of the molecule is [2H][C@@]1(C)CC2CCC1C2. The number of hydrogen-bond donors (Lipinski definition) is 0. The highest BCUT2D eigenvalue weighted by Crippen LogP contribution is 2.47. The van der Waals surface area contributed by atoms with Crippen molar-refractivity contribution in [3.63, 3.8) is 0 Å². The van der Waals surface area contributed by atoms with Crippen LogP contribution in [0.3, 0.4) is 0 Å². The lowest BCUT2D eigenvalue weighted by Crippen LogP contribution is -2.04. The third-order valence-corrected chi connectivity index (χ3v) is 2.85. The minimum absolute atomic E-state index is 0.0388. The summed E-state index contributed by atoms with van der Waals surface area (Å²) in [5, 5.41) is 0. The first-order valence-corrected chi connectivity index (χ1v) is 3.68. The van der Waals surface area contributed by atoms with Gasteiger partial charge < -0.3 is 0 Å². The number of hydrogen-bond acceptors (Lipinski definition) is 0. The standard InChI is InChI=1S/C8H14/c1-6-4-7-2-3-8(6)5-7/h6-8H,2-5H2,1H3/t6-,7?,8?/m1/s1/i6D. The predicted octanol–water partition coefficient (Wildman–Crippen LogP) is 2.44. The second kappa shape index (κ2) is 1.49. The quantitative estimate of drug-likeness (QED) is 0.450. The predicted molar refractivity (Wildman–Crippen MR) is 34.6 cm³/mol. The largest absolute Gasteiger partial charge is 0.0622 e. The van der Waals surface area contributed by atoms with Crippen molar-refractivity contribution in [2.75, 3.05) is 0 Å². The van der Waals surface area contributed by atoms with Crippen LogP contribution in [0, 0.1) is 17.7 Å². The minimum Gasteiger partial charge on any atom is -0.0622 e. The summed E-state index contributed by atoms with van der Waals surface area (Å²) in [5.41, 5.74) is 0. The molecule has 2 rings (SSSR count). The molecule has 2 unspecified atom stereocenters.